The Bertz CT molecular complexity index is 827. The van der Waals surface area contributed by atoms with Crippen molar-refractivity contribution in [2.24, 2.45) is 0 Å². The van der Waals surface area contributed by atoms with E-state index in [1.807, 2.05) is 30.3 Å². The highest BCUT2D eigenvalue weighted by Crippen LogP contribution is 2.34. The first kappa shape index (κ1) is 22.2. The summed E-state index contributed by atoms with van der Waals surface area (Å²) in [7, 11) is 0. The monoisotopic (exact) mass is 396 g/mol. The van der Waals surface area contributed by atoms with Crippen LogP contribution in [0.1, 0.15) is 48.2 Å². The zero-order valence-electron chi connectivity index (χ0n) is 17.1. The number of benzene rings is 2. The minimum Gasteiger partial charge on any atom is -0.492 e. The van der Waals surface area contributed by atoms with Crippen molar-refractivity contribution in [2.45, 2.75) is 39.7 Å². The van der Waals surface area contributed by atoms with Crippen LogP contribution in [-0.4, -0.2) is 25.0 Å². The molecule has 0 heterocycles. The van der Waals surface area contributed by atoms with Gasteiger partial charge in [0, 0.05) is 12.0 Å². The highest BCUT2D eigenvalue weighted by molar-refractivity contribution is 5.97. The third-order valence-corrected chi connectivity index (χ3v) is 4.26. The predicted octanol–water partition coefficient (Wildman–Crippen LogP) is 4.92. The molecule has 0 bridgehead atoms. The molecule has 154 valence electrons. The molecule has 29 heavy (non-hydrogen) atoms. The van der Waals surface area contributed by atoms with E-state index < -0.39 is 0 Å². The third-order valence-electron chi connectivity index (χ3n) is 4.26. The lowest BCUT2D eigenvalue weighted by Gasteiger charge is -2.18. The molecule has 0 saturated carbocycles. The van der Waals surface area contributed by atoms with Gasteiger partial charge in [0.15, 0.2) is 5.78 Å². The fraction of sp³-hybridized carbons (Fsp3) is 0.333. The molecule has 0 radical (unpaired) electrons. The lowest BCUT2D eigenvalue weighted by molar-refractivity contribution is -0.143. The Hall–Kier alpha value is -3.08. The molecule has 2 aromatic carbocycles. The highest BCUT2D eigenvalue weighted by Gasteiger charge is 2.18. The van der Waals surface area contributed by atoms with E-state index in [1.54, 1.807) is 25.1 Å². The summed E-state index contributed by atoms with van der Waals surface area (Å²) >= 11 is 0. The van der Waals surface area contributed by atoms with Gasteiger partial charge in [-0.05, 0) is 44.4 Å². The molecule has 0 atom stereocenters. The van der Waals surface area contributed by atoms with E-state index in [1.165, 1.54) is 6.92 Å². The van der Waals surface area contributed by atoms with Gasteiger partial charge in [0.25, 0.3) is 0 Å². The average Bonchev–Trinajstić information content (AvgIpc) is 2.71. The second-order valence-electron chi connectivity index (χ2n) is 6.50. The van der Waals surface area contributed by atoms with Crippen LogP contribution in [0.25, 0.3) is 0 Å². The summed E-state index contributed by atoms with van der Waals surface area (Å²) < 4.78 is 16.9. The molecular formula is C24H28O5. The second-order valence-corrected chi connectivity index (χ2v) is 6.50. The largest absolute Gasteiger partial charge is 0.492 e. The van der Waals surface area contributed by atoms with Gasteiger partial charge in [0.1, 0.15) is 18.1 Å². The van der Waals surface area contributed by atoms with Gasteiger partial charge in [-0.25, -0.2) is 0 Å². The van der Waals surface area contributed by atoms with Crippen LogP contribution < -0.4 is 9.47 Å². The zero-order chi connectivity index (χ0) is 21.1. The first-order chi connectivity index (χ1) is 14.1. The van der Waals surface area contributed by atoms with Crippen molar-refractivity contribution in [1.82, 2.24) is 0 Å². The van der Waals surface area contributed by atoms with Crippen LogP contribution in [0, 0.1) is 0 Å². The van der Waals surface area contributed by atoms with Crippen molar-refractivity contribution < 1.29 is 23.8 Å². The van der Waals surface area contributed by atoms with Crippen LogP contribution in [0.4, 0.5) is 0 Å². The number of Topliss-reactive ketones (excluding diaryl/α,β-unsaturated/α-hetero) is 1. The molecule has 0 aliphatic rings. The summed E-state index contributed by atoms with van der Waals surface area (Å²) in [5.41, 5.74) is 2.31. The molecule has 0 aromatic heterocycles. The Morgan fingerprint density at radius 1 is 1.07 bits per heavy atom. The molecule has 0 amide bonds. The Morgan fingerprint density at radius 2 is 1.83 bits per heavy atom. The van der Waals surface area contributed by atoms with E-state index in [0.717, 1.165) is 11.1 Å². The minimum absolute atomic E-state index is 0.0923. The van der Waals surface area contributed by atoms with Crippen molar-refractivity contribution >= 4 is 11.8 Å². The summed E-state index contributed by atoms with van der Waals surface area (Å²) in [4.78, 5) is 23.6. The molecule has 2 rings (SSSR count). The molecule has 0 aliphatic heterocycles. The summed E-state index contributed by atoms with van der Waals surface area (Å²) in [6, 6.07) is 13.4. The van der Waals surface area contributed by atoms with Crippen LogP contribution in [0.5, 0.6) is 11.5 Å². The molecule has 0 saturated heterocycles. The van der Waals surface area contributed by atoms with Gasteiger partial charge in [-0.2, -0.15) is 0 Å². The molecule has 5 heteroatoms. The van der Waals surface area contributed by atoms with Crippen LogP contribution in [0.2, 0.25) is 0 Å². The zero-order valence-corrected chi connectivity index (χ0v) is 17.1. The lowest BCUT2D eigenvalue weighted by atomic mass is 10.0. The predicted molar refractivity (Wildman–Crippen MR) is 112 cm³/mol. The first-order valence-electron chi connectivity index (χ1n) is 9.79. The van der Waals surface area contributed by atoms with E-state index >= 15 is 0 Å². The van der Waals surface area contributed by atoms with E-state index in [4.69, 9.17) is 14.2 Å². The van der Waals surface area contributed by atoms with E-state index in [-0.39, 0.29) is 18.2 Å². The summed E-state index contributed by atoms with van der Waals surface area (Å²) in [6.07, 6.45) is 3.02. The standard InChI is InChI=1S/C24H28O5/c1-4-10-21-22(29-17-19-11-7-6-8-12-19)15-14-20(18(3)25)24(21)28-16-9-13-23(26)27-5-2/h4,6-8,11-12,14-15H,1,5,9-10,13,16-17H2,2-3H3. The minimum atomic E-state index is -0.255. The number of hydrogen-bond donors (Lipinski definition) is 0. The van der Waals surface area contributed by atoms with Crippen LogP contribution in [-0.2, 0) is 22.6 Å². The number of ether oxygens (including phenoxy) is 3. The molecule has 0 fully saturated rings. The van der Waals surface area contributed by atoms with Crippen molar-refractivity contribution in [2.75, 3.05) is 13.2 Å². The van der Waals surface area contributed by atoms with Gasteiger partial charge in [0.05, 0.1) is 18.8 Å². The van der Waals surface area contributed by atoms with Crippen molar-refractivity contribution in [3.63, 3.8) is 0 Å². The molecule has 2 aromatic rings. The van der Waals surface area contributed by atoms with Crippen LogP contribution in [0.15, 0.2) is 55.1 Å². The third kappa shape index (κ3) is 6.79. The number of allylic oxidation sites excluding steroid dienone is 1. The Balaban J connectivity index is 2.19. The number of esters is 1. The topological polar surface area (TPSA) is 61.8 Å². The number of carbonyl (C=O) groups is 2. The second kappa shape index (κ2) is 11.7. The fourth-order valence-corrected chi connectivity index (χ4v) is 2.88. The number of ketones is 1. The molecule has 5 nitrogen and oxygen atoms in total. The Labute approximate surface area is 172 Å². The molecule has 0 spiro atoms. The molecule has 0 aliphatic carbocycles. The van der Waals surface area contributed by atoms with Gasteiger partial charge >= 0.3 is 5.97 Å². The van der Waals surface area contributed by atoms with Crippen molar-refractivity contribution in [3.8, 4) is 11.5 Å². The highest BCUT2D eigenvalue weighted by atomic mass is 16.5. The smallest absolute Gasteiger partial charge is 0.305 e. The maximum absolute atomic E-state index is 12.1. The van der Waals surface area contributed by atoms with Gasteiger partial charge in [-0.15, -0.1) is 6.58 Å². The van der Waals surface area contributed by atoms with Crippen LogP contribution >= 0.6 is 0 Å². The van der Waals surface area contributed by atoms with E-state index in [9.17, 15) is 9.59 Å². The Morgan fingerprint density at radius 3 is 2.48 bits per heavy atom. The van der Waals surface area contributed by atoms with Gasteiger partial charge in [-0.3, -0.25) is 9.59 Å². The normalized spacial score (nSPS) is 10.3. The molecular weight excluding hydrogens is 368 g/mol. The summed E-state index contributed by atoms with van der Waals surface area (Å²) in [5, 5.41) is 0. The molecule has 0 unspecified atom stereocenters. The maximum atomic E-state index is 12.1. The average molecular weight is 396 g/mol. The molecule has 0 N–H and O–H groups in total. The quantitative estimate of drug-likeness (QED) is 0.221. The summed E-state index contributed by atoms with van der Waals surface area (Å²) in [6.45, 7) is 8.16. The maximum Gasteiger partial charge on any atom is 0.305 e. The summed E-state index contributed by atoms with van der Waals surface area (Å²) in [5.74, 6) is 0.797. The SMILES string of the molecule is C=CCc1c(OCc2ccccc2)ccc(C(C)=O)c1OCCCC(=O)OCC. The number of hydrogen-bond acceptors (Lipinski definition) is 5. The van der Waals surface area contributed by atoms with Crippen molar-refractivity contribution in [1.29, 1.82) is 0 Å². The van der Waals surface area contributed by atoms with Gasteiger partial charge < -0.3 is 14.2 Å². The van der Waals surface area contributed by atoms with E-state index in [2.05, 4.69) is 6.58 Å². The Kier molecular flexibility index (Phi) is 8.96. The fourth-order valence-electron chi connectivity index (χ4n) is 2.88. The van der Waals surface area contributed by atoms with E-state index in [0.29, 0.717) is 49.7 Å². The van der Waals surface area contributed by atoms with Crippen LogP contribution in [0.3, 0.4) is 0 Å². The van der Waals surface area contributed by atoms with Gasteiger partial charge in [-0.1, -0.05) is 36.4 Å². The lowest BCUT2D eigenvalue weighted by Crippen LogP contribution is -2.10. The van der Waals surface area contributed by atoms with Gasteiger partial charge in [0.2, 0.25) is 0 Å². The van der Waals surface area contributed by atoms with Crippen molar-refractivity contribution in [3.05, 3.63) is 71.8 Å². The number of rotatable bonds is 12. The first-order valence-corrected chi connectivity index (χ1v) is 9.79. The number of carbonyl (C=O) groups excluding carboxylic acids is 2.